The van der Waals surface area contributed by atoms with Crippen LogP contribution in [-0.4, -0.2) is 43.0 Å². The number of carbonyl (C=O) groups excluding carboxylic acids is 1. The van der Waals surface area contributed by atoms with Crippen LogP contribution in [0.15, 0.2) is 48.5 Å². The maximum Gasteiger partial charge on any atom is 0.263 e. The Kier molecular flexibility index (Phi) is 4.87. The van der Waals surface area contributed by atoms with Gasteiger partial charge in [0, 0.05) is 13.1 Å². The fourth-order valence-corrected chi connectivity index (χ4v) is 3.33. The smallest absolute Gasteiger partial charge is 0.263 e. The third-order valence-electron chi connectivity index (χ3n) is 3.63. The number of thiazole rings is 1. The molecule has 0 saturated heterocycles. The number of aromatic nitrogens is 1. The van der Waals surface area contributed by atoms with E-state index in [0.29, 0.717) is 18.2 Å². The molecule has 0 atom stereocenters. The average molecular weight is 343 g/mol. The number of anilines is 1. The molecule has 1 heterocycles. The monoisotopic (exact) mass is 343 g/mol. The van der Waals surface area contributed by atoms with Crippen LogP contribution >= 0.6 is 11.3 Å². The normalized spacial score (nSPS) is 11.2. The molecule has 0 aliphatic heterocycles. The summed E-state index contributed by atoms with van der Waals surface area (Å²) in [6.07, 6.45) is 0. The number of benzene rings is 2. The number of para-hydroxylation sites is 1. The van der Waals surface area contributed by atoms with Gasteiger partial charge in [0.25, 0.3) is 5.91 Å². The molecule has 1 aromatic heterocycles. The number of fused-ring (bicyclic) bond motifs is 1. The molecule has 0 bridgehead atoms. The highest BCUT2D eigenvalue weighted by Gasteiger charge is 2.23. The largest absolute Gasteiger partial charge is 0.308 e. The second-order valence-corrected chi connectivity index (χ2v) is 6.71. The van der Waals surface area contributed by atoms with Crippen LogP contribution in [0, 0.1) is 5.82 Å². The van der Waals surface area contributed by atoms with E-state index in [0.717, 1.165) is 10.2 Å². The molecule has 2 aromatic carbocycles. The molecule has 3 aromatic rings. The number of carbonyl (C=O) groups is 1. The molecule has 0 fully saturated rings. The molecule has 3 rings (SSSR count). The first kappa shape index (κ1) is 16.5. The van der Waals surface area contributed by atoms with Crippen LogP contribution in [0.3, 0.4) is 0 Å². The molecule has 0 radical (unpaired) electrons. The summed E-state index contributed by atoms with van der Waals surface area (Å²) in [5, 5.41) is 0.589. The lowest BCUT2D eigenvalue weighted by molar-refractivity contribution is 0.0981. The van der Waals surface area contributed by atoms with Crippen molar-refractivity contribution in [3.05, 3.63) is 59.9 Å². The summed E-state index contributed by atoms with van der Waals surface area (Å²) in [5.41, 5.74) is 0.907. The molecule has 1 amide bonds. The van der Waals surface area contributed by atoms with Gasteiger partial charge >= 0.3 is 0 Å². The van der Waals surface area contributed by atoms with Crippen molar-refractivity contribution in [2.24, 2.45) is 0 Å². The van der Waals surface area contributed by atoms with E-state index in [-0.39, 0.29) is 11.5 Å². The fourth-order valence-electron chi connectivity index (χ4n) is 2.34. The molecule has 4 nitrogen and oxygen atoms in total. The molecule has 24 heavy (non-hydrogen) atoms. The van der Waals surface area contributed by atoms with Crippen molar-refractivity contribution in [1.82, 2.24) is 9.88 Å². The Bertz CT molecular complexity index is 829. The zero-order chi connectivity index (χ0) is 17.1. The minimum atomic E-state index is -0.515. The van der Waals surface area contributed by atoms with Crippen molar-refractivity contribution in [1.29, 1.82) is 0 Å². The lowest BCUT2D eigenvalue weighted by Gasteiger charge is -2.22. The van der Waals surface area contributed by atoms with E-state index in [2.05, 4.69) is 4.98 Å². The first-order chi connectivity index (χ1) is 11.6. The molecule has 124 valence electrons. The van der Waals surface area contributed by atoms with Gasteiger partial charge in [-0.1, -0.05) is 35.6 Å². The van der Waals surface area contributed by atoms with Gasteiger partial charge in [-0.05, 0) is 38.4 Å². The fraction of sp³-hybridized carbons (Fsp3) is 0.222. The van der Waals surface area contributed by atoms with E-state index in [9.17, 15) is 9.18 Å². The summed E-state index contributed by atoms with van der Waals surface area (Å²) in [6, 6.07) is 13.8. The van der Waals surface area contributed by atoms with Crippen LogP contribution < -0.4 is 4.90 Å². The quantitative estimate of drug-likeness (QED) is 0.710. The highest BCUT2D eigenvalue weighted by atomic mass is 32.1. The Balaban J connectivity index is 1.99. The van der Waals surface area contributed by atoms with E-state index < -0.39 is 5.82 Å². The maximum atomic E-state index is 14.0. The van der Waals surface area contributed by atoms with Gasteiger partial charge in [0.05, 0.1) is 15.8 Å². The maximum absolute atomic E-state index is 14.0. The molecule has 0 spiro atoms. The molecular weight excluding hydrogens is 325 g/mol. The lowest BCUT2D eigenvalue weighted by Crippen LogP contribution is -2.37. The van der Waals surface area contributed by atoms with Gasteiger partial charge in [0.2, 0.25) is 0 Å². The number of rotatable bonds is 5. The Morgan fingerprint density at radius 2 is 1.79 bits per heavy atom. The zero-order valence-corrected chi connectivity index (χ0v) is 14.4. The average Bonchev–Trinajstić information content (AvgIpc) is 2.98. The van der Waals surface area contributed by atoms with Crippen molar-refractivity contribution in [3.63, 3.8) is 0 Å². The zero-order valence-electron chi connectivity index (χ0n) is 13.6. The lowest BCUT2D eigenvalue weighted by atomic mass is 10.2. The summed E-state index contributed by atoms with van der Waals surface area (Å²) < 4.78 is 15.0. The number of amides is 1. The van der Waals surface area contributed by atoms with E-state index in [1.165, 1.54) is 23.5 Å². The number of likely N-dealkylation sites (N-methyl/N-ethyl adjacent to an activating group) is 1. The van der Waals surface area contributed by atoms with Gasteiger partial charge in [0.1, 0.15) is 5.82 Å². The van der Waals surface area contributed by atoms with Crippen molar-refractivity contribution in [3.8, 4) is 0 Å². The Morgan fingerprint density at radius 1 is 1.08 bits per heavy atom. The summed E-state index contributed by atoms with van der Waals surface area (Å²) in [6.45, 7) is 1.11. The summed E-state index contributed by atoms with van der Waals surface area (Å²) in [7, 11) is 3.87. The highest BCUT2D eigenvalue weighted by molar-refractivity contribution is 7.22. The van der Waals surface area contributed by atoms with Crippen LogP contribution in [0.5, 0.6) is 0 Å². The van der Waals surface area contributed by atoms with Crippen molar-refractivity contribution in [2.75, 3.05) is 32.1 Å². The molecule has 6 heteroatoms. The second kappa shape index (κ2) is 7.07. The molecular formula is C18H18FN3OS. The first-order valence-electron chi connectivity index (χ1n) is 7.63. The molecule has 0 aliphatic carbocycles. The van der Waals surface area contributed by atoms with Crippen LogP contribution in [0.25, 0.3) is 10.2 Å². The van der Waals surface area contributed by atoms with E-state index >= 15 is 0 Å². The van der Waals surface area contributed by atoms with Gasteiger partial charge < -0.3 is 4.90 Å². The van der Waals surface area contributed by atoms with Crippen molar-refractivity contribution < 1.29 is 9.18 Å². The Hall–Kier alpha value is -2.31. The first-order valence-corrected chi connectivity index (χ1v) is 8.44. The molecule has 0 saturated carbocycles. The van der Waals surface area contributed by atoms with E-state index in [1.54, 1.807) is 17.0 Å². The number of nitrogens with zero attached hydrogens (tertiary/aromatic N) is 3. The minimum absolute atomic E-state index is 0.0653. The van der Waals surface area contributed by atoms with Crippen LogP contribution in [0.1, 0.15) is 10.4 Å². The van der Waals surface area contributed by atoms with Gasteiger partial charge in [-0.15, -0.1) is 0 Å². The topological polar surface area (TPSA) is 36.4 Å². The molecule has 0 unspecified atom stereocenters. The Labute approximate surface area is 144 Å². The summed E-state index contributed by atoms with van der Waals surface area (Å²) in [5.74, 6) is -0.882. The minimum Gasteiger partial charge on any atom is -0.308 e. The van der Waals surface area contributed by atoms with Crippen molar-refractivity contribution in [2.45, 2.75) is 0 Å². The van der Waals surface area contributed by atoms with Crippen LogP contribution in [0.2, 0.25) is 0 Å². The molecule has 0 N–H and O–H groups in total. The SMILES string of the molecule is CN(C)CCN(C(=O)c1ccccc1F)c1nc2ccccc2s1. The van der Waals surface area contributed by atoms with Gasteiger partial charge in [-0.25, -0.2) is 9.37 Å². The van der Waals surface area contributed by atoms with Gasteiger partial charge in [-0.2, -0.15) is 0 Å². The van der Waals surface area contributed by atoms with E-state index in [1.807, 2.05) is 43.3 Å². The van der Waals surface area contributed by atoms with Crippen LogP contribution in [-0.2, 0) is 0 Å². The van der Waals surface area contributed by atoms with Crippen LogP contribution in [0.4, 0.5) is 9.52 Å². The third kappa shape index (κ3) is 3.44. The highest BCUT2D eigenvalue weighted by Crippen LogP contribution is 2.29. The van der Waals surface area contributed by atoms with E-state index in [4.69, 9.17) is 0 Å². The third-order valence-corrected chi connectivity index (χ3v) is 4.69. The summed E-state index contributed by atoms with van der Waals surface area (Å²) in [4.78, 5) is 21.0. The summed E-state index contributed by atoms with van der Waals surface area (Å²) >= 11 is 1.44. The number of hydrogen-bond donors (Lipinski definition) is 0. The Morgan fingerprint density at radius 3 is 2.50 bits per heavy atom. The predicted molar refractivity (Wildman–Crippen MR) is 96.3 cm³/mol. The van der Waals surface area contributed by atoms with Crippen molar-refractivity contribution >= 4 is 32.6 Å². The number of halogens is 1. The predicted octanol–water partition coefficient (Wildman–Crippen LogP) is 3.64. The molecule has 0 aliphatic rings. The number of hydrogen-bond acceptors (Lipinski definition) is 4. The second-order valence-electron chi connectivity index (χ2n) is 5.70. The van der Waals surface area contributed by atoms with Gasteiger partial charge in [-0.3, -0.25) is 9.69 Å². The van der Waals surface area contributed by atoms with Gasteiger partial charge in [0.15, 0.2) is 5.13 Å². The standard InChI is InChI=1S/C18H18FN3OS/c1-21(2)11-12-22(17(23)13-7-3-4-8-14(13)19)18-20-15-9-5-6-10-16(15)24-18/h3-10H,11-12H2,1-2H3.